The fourth-order valence-electron chi connectivity index (χ4n) is 9.06. The molecule has 0 nitrogen and oxygen atoms in total. The fraction of sp³-hybridized carbons (Fsp3) is 0. The molecule has 0 aromatic heterocycles. The zero-order chi connectivity index (χ0) is 39.8. The highest BCUT2D eigenvalue weighted by molar-refractivity contribution is 6.35. The molecular formula is C60H40. The topological polar surface area (TPSA) is 0 Å². The number of hydrogen-bond acceptors (Lipinski definition) is 0. The molecule has 0 atom stereocenters. The van der Waals surface area contributed by atoms with E-state index in [1.165, 1.54) is 110 Å². The van der Waals surface area contributed by atoms with E-state index in [9.17, 15) is 0 Å². The first kappa shape index (κ1) is 35.4. The van der Waals surface area contributed by atoms with Crippen LogP contribution in [0.25, 0.3) is 112 Å². The lowest BCUT2D eigenvalue weighted by atomic mass is 9.85. The molecule has 0 aliphatic rings. The maximum atomic E-state index is 2.35. The maximum Gasteiger partial charge on any atom is -0.00201 e. The van der Waals surface area contributed by atoms with Crippen molar-refractivity contribution in [1.82, 2.24) is 0 Å². The van der Waals surface area contributed by atoms with E-state index in [1.54, 1.807) is 0 Å². The summed E-state index contributed by atoms with van der Waals surface area (Å²) in [5.41, 5.74) is 14.6. The van der Waals surface area contributed by atoms with Crippen molar-refractivity contribution in [3.8, 4) is 44.5 Å². The Morgan fingerprint density at radius 1 is 0.200 bits per heavy atom. The summed E-state index contributed by atoms with van der Waals surface area (Å²) >= 11 is 0. The predicted molar refractivity (Wildman–Crippen MR) is 260 cm³/mol. The molecule has 0 heterocycles. The van der Waals surface area contributed by atoms with Crippen molar-refractivity contribution in [2.75, 3.05) is 0 Å². The van der Waals surface area contributed by atoms with Crippen LogP contribution in [0.4, 0.5) is 0 Å². The number of benzene rings is 11. The van der Waals surface area contributed by atoms with Crippen LogP contribution in [0.3, 0.4) is 0 Å². The number of rotatable bonds is 8. The zero-order valence-corrected chi connectivity index (χ0v) is 33.1. The smallest absolute Gasteiger partial charge is 0.00201 e. The standard InChI is InChI=1S/C60H40/c1-3-11-41(12-4-1)23-25-43-15-7-17-49(39-43)45-27-31-47(32-28-45)51-35-37-57-56-22-10-20-54-52(36-38-58(60(54)56)55-21-9-19-53(51)59(55)57)48-33-29-46(30-34-48)50-18-8-16-44(40-50)26-24-42-13-5-2-6-14-42/h1-40H/b25-23+,26-24+. The quantitative estimate of drug-likeness (QED) is 0.0822. The van der Waals surface area contributed by atoms with E-state index in [1.807, 2.05) is 0 Å². The molecule has 0 bridgehead atoms. The summed E-state index contributed by atoms with van der Waals surface area (Å²) in [6, 6.07) is 79.6. The van der Waals surface area contributed by atoms with Gasteiger partial charge in [0.2, 0.25) is 0 Å². The lowest BCUT2D eigenvalue weighted by Gasteiger charge is -2.18. The second kappa shape index (κ2) is 15.2. The minimum Gasteiger partial charge on any atom is -0.0622 e. The molecule has 11 aromatic carbocycles. The van der Waals surface area contributed by atoms with Crippen molar-refractivity contribution in [1.29, 1.82) is 0 Å². The van der Waals surface area contributed by atoms with Gasteiger partial charge in [0.25, 0.3) is 0 Å². The number of hydrogen-bond donors (Lipinski definition) is 0. The minimum absolute atomic E-state index is 1.19. The molecule has 60 heavy (non-hydrogen) atoms. The van der Waals surface area contributed by atoms with Crippen LogP contribution < -0.4 is 0 Å². The Balaban J connectivity index is 0.923. The average Bonchev–Trinajstić information content (AvgIpc) is 3.32. The molecule has 0 fully saturated rings. The van der Waals surface area contributed by atoms with Gasteiger partial charge in [0, 0.05) is 0 Å². The summed E-state index contributed by atoms with van der Waals surface area (Å²) in [5, 5.41) is 10.4. The summed E-state index contributed by atoms with van der Waals surface area (Å²) in [5.74, 6) is 0. The van der Waals surface area contributed by atoms with Crippen LogP contribution in [-0.2, 0) is 0 Å². The second-order valence-corrected chi connectivity index (χ2v) is 15.7. The summed E-state index contributed by atoms with van der Waals surface area (Å²) in [4.78, 5) is 0. The van der Waals surface area contributed by atoms with Gasteiger partial charge in [-0.2, -0.15) is 0 Å². The highest BCUT2D eigenvalue weighted by Crippen LogP contribution is 2.45. The Labute approximate surface area is 351 Å². The van der Waals surface area contributed by atoms with Crippen molar-refractivity contribution in [2.45, 2.75) is 0 Å². The molecule has 0 aliphatic heterocycles. The van der Waals surface area contributed by atoms with Gasteiger partial charge in [0.1, 0.15) is 0 Å². The minimum atomic E-state index is 1.19. The normalized spacial score (nSPS) is 11.9. The first-order chi connectivity index (χ1) is 29.7. The molecule has 0 heteroatoms. The zero-order valence-electron chi connectivity index (χ0n) is 33.1. The molecule has 0 saturated carbocycles. The molecule has 0 spiro atoms. The van der Waals surface area contributed by atoms with Crippen LogP contribution in [0, 0.1) is 0 Å². The first-order valence-corrected chi connectivity index (χ1v) is 20.7. The molecule has 0 radical (unpaired) electrons. The lowest BCUT2D eigenvalue weighted by Crippen LogP contribution is -1.91. The molecular weight excluding hydrogens is 721 g/mol. The van der Waals surface area contributed by atoms with Crippen LogP contribution in [0.15, 0.2) is 218 Å². The summed E-state index contributed by atoms with van der Waals surface area (Å²) in [6.45, 7) is 0. The van der Waals surface area contributed by atoms with Gasteiger partial charge < -0.3 is 0 Å². The van der Waals surface area contributed by atoms with Gasteiger partial charge >= 0.3 is 0 Å². The van der Waals surface area contributed by atoms with E-state index in [4.69, 9.17) is 0 Å². The van der Waals surface area contributed by atoms with Crippen molar-refractivity contribution >= 4 is 67.4 Å². The van der Waals surface area contributed by atoms with Crippen LogP contribution in [0.5, 0.6) is 0 Å². The molecule has 0 N–H and O–H groups in total. The third-order valence-electron chi connectivity index (χ3n) is 12.0. The highest BCUT2D eigenvalue weighted by atomic mass is 14.2. The number of fused-ring (bicyclic) bond motifs is 2. The highest BCUT2D eigenvalue weighted by Gasteiger charge is 2.17. The Morgan fingerprint density at radius 3 is 0.967 bits per heavy atom. The maximum absolute atomic E-state index is 2.35. The van der Waals surface area contributed by atoms with Crippen molar-refractivity contribution in [2.24, 2.45) is 0 Å². The Kier molecular flexibility index (Phi) is 8.95. The summed E-state index contributed by atoms with van der Waals surface area (Å²) in [6.07, 6.45) is 8.71. The Morgan fingerprint density at radius 2 is 0.533 bits per heavy atom. The SMILES string of the molecule is C(=C\c1cccc(-c2ccc(-c3ccc4c5cccc6c(-c7ccc(-c8cccc(/C=C/c9ccccc9)c8)cc7)ccc(c7cccc3c74)c65)cc2)c1)/c1ccccc1. The molecule has 0 aliphatic carbocycles. The van der Waals surface area contributed by atoms with E-state index in [-0.39, 0.29) is 0 Å². The van der Waals surface area contributed by atoms with Gasteiger partial charge in [0.05, 0.1) is 0 Å². The van der Waals surface area contributed by atoms with E-state index in [0.717, 1.165) is 0 Å². The first-order valence-electron chi connectivity index (χ1n) is 20.7. The van der Waals surface area contributed by atoms with Crippen LogP contribution in [0.2, 0.25) is 0 Å². The van der Waals surface area contributed by atoms with Crippen LogP contribution >= 0.6 is 0 Å². The molecule has 280 valence electrons. The van der Waals surface area contributed by atoms with Crippen molar-refractivity contribution in [3.63, 3.8) is 0 Å². The predicted octanol–water partition coefficient (Wildman–Crippen LogP) is 16.7. The molecule has 11 rings (SSSR count). The van der Waals surface area contributed by atoms with Gasteiger partial charge in [-0.3, -0.25) is 0 Å². The van der Waals surface area contributed by atoms with Gasteiger partial charge in [-0.25, -0.2) is 0 Å². The van der Waals surface area contributed by atoms with Crippen molar-refractivity contribution in [3.05, 3.63) is 241 Å². The van der Waals surface area contributed by atoms with E-state index in [2.05, 4.69) is 243 Å². The molecule has 0 saturated heterocycles. The lowest BCUT2D eigenvalue weighted by molar-refractivity contribution is 1.59. The largest absolute Gasteiger partial charge is 0.0622 e. The molecule has 11 aromatic rings. The van der Waals surface area contributed by atoms with Gasteiger partial charge in [-0.1, -0.05) is 231 Å². The van der Waals surface area contributed by atoms with E-state index >= 15 is 0 Å². The van der Waals surface area contributed by atoms with E-state index in [0.29, 0.717) is 0 Å². The summed E-state index contributed by atoms with van der Waals surface area (Å²) in [7, 11) is 0. The van der Waals surface area contributed by atoms with Crippen LogP contribution in [-0.4, -0.2) is 0 Å². The van der Waals surface area contributed by atoms with Gasteiger partial charge in [-0.15, -0.1) is 0 Å². The fourth-order valence-corrected chi connectivity index (χ4v) is 9.06. The van der Waals surface area contributed by atoms with Crippen molar-refractivity contribution < 1.29 is 0 Å². The Hall–Kier alpha value is -7.80. The van der Waals surface area contributed by atoms with Crippen LogP contribution in [0.1, 0.15) is 22.3 Å². The molecule has 0 amide bonds. The molecule has 0 unspecified atom stereocenters. The van der Waals surface area contributed by atoms with Gasteiger partial charge in [0.15, 0.2) is 0 Å². The Bertz CT molecular complexity index is 3120. The second-order valence-electron chi connectivity index (χ2n) is 15.7. The van der Waals surface area contributed by atoms with Gasteiger partial charge in [-0.05, 0) is 122 Å². The monoisotopic (exact) mass is 760 g/mol. The average molecular weight is 761 g/mol. The third kappa shape index (κ3) is 6.55. The summed E-state index contributed by atoms with van der Waals surface area (Å²) < 4.78 is 0. The third-order valence-corrected chi connectivity index (χ3v) is 12.0. The van der Waals surface area contributed by atoms with E-state index < -0.39 is 0 Å².